The van der Waals surface area contributed by atoms with Crippen LogP contribution in [0.3, 0.4) is 0 Å². The lowest BCUT2D eigenvalue weighted by atomic mass is 10.2. The van der Waals surface area contributed by atoms with Crippen molar-refractivity contribution in [2.45, 2.75) is 13.5 Å². The van der Waals surface area contributed by atoms with Crippen molar-refractivity contribution in [1.29, 1.82) is 0 Å². The van der Waals surface area contributed by atoms with Crippen LogP contribution in [0.1, 0.15) is 20.9 Å². The quantitative estimate of drug-likeness (QED) is 0.899. The molecule has 0 saturated carbocycles. The van der Waals surface area contributed by atoms with Gasteiger partial charge in [0.05, 0.1) is 6.54 Å². The molecule has 100 valence electrons. The molecule has 0 atom stereocenters. The Kier molecular flexibility index (Phi) is 4.55. The van der Waals surface area contributed by atoms with Gasteiger partial charge in [0.1, 0.15) is 5.82 Å². The van der Waals surface area contributed by atoms with Gasteiger partial charge < -0.3 is 10.6 Å². The zero-order valence-electron chi connectivity index (χ0n) is 10.7. The molecule has 2 heterocycles. The van der Waals surface area contributed by atoms with Crippen LogP contribution in [0.25, 0.3) is 0 Å². The minimum absolute atomic E-state index is 0.0912. The van der Waals surface area contributed by atoms with Gasteiger partial charge in [0.2, 0.25) is 0 Å². The summed E-state index contributed by atoms with van der Waals surface area (Å²) in [7, 11) is 1.78. The third-order valence-electron chi connectivity index (χ3n) is 2.52. The molecule has 19 heavy (non-hydrogen) atoms. The SMILES string of the molecule is CNc1cc(C(=O)NCc2cc(Br)cs2)cc(C)n1. The van der Waals surface area contributed by atoms with Crippen LogP contribution < -0.4 is 10.6 Å². The van der Waals surface area contributed by atoms with Crippen molar-refractivity contribution in [3.8, 4) is 0 Å². The molecule has 0 spiro atoms. The van der Waals surface area contributed by atoms with E-state index in [-0.39, 0.29) is 5.91 Å². The molecule has 0 radical (unpaired) electrons. The van der Waals surface area contributed by atoms with Gasteiger partial charge in [-0.05, 0) is 41.1 Å². The molecular formula is C13H14BrN3OS. The van der Waals surface area contributed by atoms with Gasteiger partial charge in [-0.3, -0.25) is 4.79 Å². The lowest BCUT2D eigenvalue weighted by Crippen LogP contribution is -2.22. The summed E-state index contributed by atoms with van der Waals surface area (Å²) in [6.45, 7) is 2.40. The predicted molar refractivity (Wildman–Crippen MR) is 81.7 cm³/mol. The van der Waals surface area contributed by atoms with E-state index in [9.17, 15) is 4.79 Å². The number of hydrogen-bond donors (Lipinski definition) is 2. The van der Waals surface area contributed by atoms with Crippen LogP contribution in [0, 0.1) is 6.92 Å². The van der Waals surface area contributed by atoms with Gasteiger partial charge in [0.25, 0.3) is 5.91 Å². The van der Waals surface area contributed by atoms with Crippen LogP contribution >= 0.6 is 27.3 Å². The maximum absolute atomic E-state index is 12.1. The maximum atomic E-state index is 12.1. The molecule has 0 aliphatic rings. The van der Waals surface area contributed by atoms with E-state index in [0.29, 0.717) is 17.9 Å². The Morgan fingerprint density at radius 2 is 2.21 bits per heavy atom. The second-order valence-corrected chi connectivity index (χ2v) is 5.96. The summed E-state index contributed by atoms with van der Waals surface area (Å²) in [5.74, 6) is 0.607. The third-order valence-corrected chi connectivity index (χ3v) is 4.21. The topological polar surface area (TPSA) is 54.0 Å². The van der Waals surface area contributed by atoms with Crippen molar-refractivity contribution in [2.24, 2.45) is 0 Å². The van der Waals surface area contributed by atoms with Gasteiger partial charge in [-0.1, -0.05) is 0 Å². The van der Waals surface area contributed by atoms with Crippen LogP contribution in [0.15, 0.2) is 28.1 Å². The second-order valence-electron chi connectivity index (χ2n) is 4.05. The van der Waals surface area contributed by atoms with Crippen molar-refractivity contribution in [2.75, 3.05) is 12.4 Å². The number of nitrogens with zero attached hydrogens (tertiary/aromatic N) is 1. The molecule has 0 fully saturated rings. The van der Waals surface area contributed by atoms with E-state index in [0.717, 1.165) is 15.0 Å². The highest BCUT2D eigenvalue weighted by atomic mass is 79.9. The van der Waals surface area contributed by atoms with Gasteiger partial charge in [0.15, 0.2) is 0 Å². The fourth-order valence-electron chi connectivity index (χ4n) is 1.64. The predicted octanol–water partition coefficient (Wildman–Crippen LogP) is 3.19. The molecule has 0 saturated heterocycles. The van der Waals surface area contributed by atoms with Crippen molar-refractivity contribution < 1.29 is 4.79 Å². The van der Waals surface area contributed by atoms with E-state index in [1.807, 2.05) is 18.4 Å². The van der Waals surface area contributed by atoms with Crippen LogP contribution in [-0.2, 0) is 6.54 Å². The summed E-state index contributed by atoms with van der Waals surface area (Å²) < 4.78 is 1.04. The molecule has 2 aromatic rings. The van der Waals surface area contributed by atoms with E-state index >= 15 is 0 Å². The molecule has 4 nitrogen and oxygen atoms in total. The lowest BCUT2D eigenvalue weighted by Gasteiger charge is -2.07. The number of pyridine rings is 1. The first-order valence-electron chi connectivity index (χ1n) is 5.76. The highest BCUT2D eigenvalue weighted by Crippen LogP contribution is 2.19. The summed E-state index contributed by atoms with van der Waals surface area (Å²) >= 11 is 5.00. The smallest absolute Gasteiger partial charge is 0.251 e. The minimum atomic E-state index is -0.0912. The number of nitrogens with one attached hydrogen (secondary N) is 2. The molecule has 0 aromatic carbocycles. The van der Waals surface area contributed by atoms with Crippen molar-refractivity contribution in [3.05, 3.63) is 44.2 Å². The number of anilines is 1. The summed E-state index contributed by atoms with van der Waals surface area (Å²) in [5, 5.41) is 7.84. The van der Waals surface area contributed by atoms with Crippen molar-refractivity contribution in [1.82, 2.24) is 10.3 Å². The van der Waals surface area contributed by atoms with Crippen molar-refractivity contribution >= 4 is 39.0 Å². The van der Waals surface area contributed by atoms with Crippen LogP contribution in [0.4, 0.5) is 5.82 Å². The fraction of sp³-hybridized carbons (Fsp3) is 0.231. The van der Waals surface area contributed by atoms with E-state index in [4.69, 9.17) is 0 Å². The van der Waals surface area contributed by atoms with E-state index in [1.165, 1.54) is 0 Å². The first kappa shape index (κ1) is 14.0. The highest BCUT2D eigenvalue weighted by Gasteiger charge is 2.08. The average molecular weight is 340 g/mol. The van der Waals surface area contributed by atoms with Gasteiger partial charge >= 0.3 is 0 Å². The zero-order valence-corrected chi connectivity index (χ0v) is 13.1. The summed E-state index contributed by atoms with van der Waals surface area (Å²) in [4.78, 5) is 17.4. The molecule has 0 bridgehead atoms. The number of carbonyl (C=O) groups excluding carboxylic acids is 1. The van der Waals surface area contributed by atoms with Crippen LogP contribution in [-0.4, -0.2) is 17.9 Å². The van der Waals surface area contributed by atoms with Gasteiger partial charge in [-0.15, -0.1) is 11.3 Å². The van der Waals surface area contributed by atoms with Crippen LogP contribution in [0.5, 0.6) is 0 Å². The van der Waals surface area contributed by atoms with E-state index in [1.54, 1.807) is 30.5 Å². The number of thiophene rings is 1. The highest BCUT2D eigenvalue weighted by molar-refractivity contribution is 9.10. The first-order valence-corrected chi connectivity index (χ1v) is 7.43. The van der Waals surface area contributed by atoms with Gasteiger partial charge in [0, 0.05) is 33.0 Å². The number of hydrogen-bond acceptors (Lipinski definition) is 4. The standard InChI is InChI=1S/C13H14BrN3OS/c1-8-3-9(4-12(15-2)17-8)13(18)16-6-11-5-10(14)7-19-11/h3-5,7H,6H2,1-2H3,(H,15,17)(H,16,18). The van der Waals surface area contributed by atoms with Crippen molar-refractivity contribution in [3.63, 3.8) is 0 Å². The maximum Gasteiger partial charge on any atom is 0.251 e. The van der Waals surface area contributed by atoms with Gasteiger partial charge in [-0.25, -0.2) is 4.98 Å². The summed E-state index contributed by atoms with van der Waals surface area (Å²) in [6.07, 6.45) is 0. The summed E-state index contributed by atoms with van der Waals surface area (Å²) in [5.41, 5.74) is 1.43. The molecule has 2 aromatic heterocycles. The summed E-state index contributed by atoms with van der Waals surface area (Å²) in [6, 6.07) is 5.52. The fourth-order valence-corrected chi connectivity index (χ4v) is 3.03. The number of amides is 1. The Bertz CT molecular complexity index is 597. The Balaban J connectivity index is 2.05. The average Bonchev–Trinajstić information content (AvgIpc) is 2.81. The molecule has 0 aliphatic heterocycles. The minimum Gasteiger partial charge on any atom is -0.373 e. The molecule has 0 aliphatic carbocycles. The molecule has 0 unspecified atom stereocenters. The normalized spacial score (nSPS) is 10.3. The molecule has 2 N–H and O–H groups in total. The largest absolute Gasteiger partial charge is 0.373 e. The van der Waals surface area contributed by atoms with E-state index in [2.05, 4.69) is 31.5 Å². The number of carbonyl (C=O) groups is 1. The Hall–Kier alpha value is -1.40. The Morgan fingerprint density at radius 1 is 1.42 bits per heavy atom. The second kappa shape index (κ2) is 6.16. The number of halogens is 1. The van der Waals surface area contributed by atoms with Crippen LogP contribution in [0.2, 0.25) is 0 Å². The molecule has 1 amide bonds. The number of rotatable bonds is 4. The lowest BCUT2D eigenvalue weighted by molar-refractivity contribution is 0.0951. The van der Waals surface area contributed by atoms with Gasteiger partial charge in [-0.2, -0.15) is 0 Å². The number of aromatic nitrogens is 1. The third kappa shape index (κ3) is 3.78. The molecule has 2 rings (SSSR count). The Labute approximate surface area is 124 Å². The first-order chi connectivity index (χ1) is 9.08. The zero-order chi connectivity index (χ0) is 13.8. The van der Waals surface area contributed by atoms with E-state index < -0.39 is 0 Å². The number of aryl methyl sites for hydroxylation is 1. The molecule has 6 heteroatoms. The Morgan fingerprint density at radius 3 is 2.84 bits per heavy atom. The molecular weight excluding hydrogens is 326 g/mol. The monoisotopic (exact) mass is 339 g/mol.